The largest absolute Gasteiger partial charge is 0.478 e. The molecule has 1 N–H and O–H groups in total. The summed E-state index contributed by atoms with van der Waals surface area (Å²) in [7, 11) is -3.47. The molecule has 0 aliphatic rings. The quantitative estimate of drug-likeness (QED) is 0.829. The molecule has 2 aromatic rings. The van der Waals surface area contributed by atoms with E-state index in [2.05, 4.69) is 10.3 Å². The average Bonchev–Trinajstić information content (AvgIpc) is 2.61. The van der Waals surface area contributed by atoms with Crippen LogP contribution in [0.1, 0.15) is 29.8 Å². The summed E-state index contributed by atoms with van der Waals surface area (Å²) in [5.74, 6) is -0.0577. The van der Waals surface area contributed by atoms with Crippen molar-refractivity contribution in [3.05, 3.63) is 53.7 Å². The van der Waals surface area contributed by atoms with Crippen LogP contribution in [-0.2, 0) is 16.4 Å². The van der Waals surface area contributed by atoms with Crippen molar-refractivity contribution in [1.29, 1.82) is 0 Å². The van der Waals surface area contributed by atoms with E-state index < -0.39 is 15.7 Å². The molecule has 24 heavy (non-hydrogen) atoms. The van der Waals surface area contributed by atoms with Crippen molar-refractivity contribution >= 4 is 15.7 Å². The molecule has 1 heterocycles. The average molecular weight is 348 g/mol. The topological polar surface area (TPSA) is 85.4 Å². The van der Waals surface area contributed by atoms with Crippen molar-refractivity contribution < 1.29 is 17.9 Å². The lowest BCUT2D eigenvalue weighted by Gasteiger charge is -2.12. The molecule has 0 unspecified atom stereocenters. The summed E-state index contributed by atoms with van der Waals surface area (Å²) >= 11 is 0. The van der Waals surface area contributed by atoms with E-state index in [1.807, 2.05) is 6.92 Å². The standard InChI is InChI=1S/C17H20N2O4S/c1-3-23-17-13(8-7-11-18-17)12-19-16(20)14-9-5-6-10-15(14)24(21,22)4-2/h5-11H,3-4,12H2,1-2H3,(H,19,20). The lowest BCUT2D eigenvalue weighted by Crippen LogP contribution is -2.25. The maximum Gasteiger partial charge on any atom is 0.252 e. The molecule has 0 fully saturated rings. The summed E-state index contributed by atoms with van der Waals surface area (Å²) in [4.78, 5) is 16.6. The Hall–Kier alpha value is -2.41. The Labute approximate surface area is 141 Å². The van der Waals surface area contributed by atoms with Gasteiger partial charge >= 0.3 is 0 Å². The summed E-state index contributed by atoms with van der Waals surface area (Å²) in [6.07, 6.45) is 1.61. The van der Waals surface area contributed by atoms with Crippen molar-refractivity contribution in [2.45, 2.75) is 25.3 Å². The highest BCUT2D eigenvalue weighted by Crippen LogP contribution is 2.18. The molecule has 0 bridgehead atoms. The number of aromatic nitrogens is 1. The minimum absolute atomic E-state index is 0.0428. The van der Waals surface area contributed by atoms with E-state index in [-0.39, 0.29) is 22.8 Å². The smallest absolute Gasteiger partial charge is 0.252 e. The molecule has 0 saturated heterocycles. The van der Waals surface area contributed by atoms with Gasteiger partial charge in [0.1, 0.15) is 0 Å². The first-order valence-corrected chi connectivity index (χ1v) is 9.31. The van der Waals surface area contributed by atoms with Gasteiger partial charge in [0.05, 0.1) is 22.8 Å². The molecule has 7 heteroatoms. The molecule has 0 saturated carbocycles. The second-order valence-corrected chi connectivity index (χ2v) is 7.23. The zero-order valence-corrected chi connectivity index (χ0v) is 14.5. The summed E-state index contributed by atoms with van der Waals surface area (Å²) in [5, 5.41) is 2.73. The van der Waals surface area contributed by atoms with Gasteiger partial charge in [0.15, 0.2) is 9.84 Å². The predicted octanol–water partition coefficient (Wildman–Crippen LogP) is 2.20. The molecule has 0 radical (unpaired) electrons. The van der Waals surface area contributed by atoms with Gasteiger partial charge in [-0.3, -0.25) is 4.79 Å². The Morgan fingerprint density at radius 1 is 1.17 bits per heavy atom. The Bertz CT molecular complexity index is 819. The van der Waals surface area contributed by atoms with Crippen LogP contribution in [0.15, 0.2) is 47.5 Å². The van der Waals surface area contributed by atoms with Crippen LogP contribution in [0.4, 0.5) is 0 Å². The molecule has 1 aromatic heterocycles. The fraction of sp³-hybridized carbons (Fsp3) is 0.294. The number of nitrogens with one attached hydrogen (secondary N) is 1. The first-order chi connectivity index (χ1) is 11.5. The lowest BCUT2D eigenvalue weighted by molar-refractivity contribution is 0.0947. The Kier molecular flexibility index (Phi) is 5.92. The highest BCUT2D eigenvalue weighted by Gasteiger charge is 2.20. The first-order valence-electron chi connectivity index (χ1n) is 7.66. The van der Waals surface area contributed by atoms with E-state index in [9.17, 15) is 13.2 Å². The zero-order valence-electron chi connectivity index (χ0n) is 13.7. The molecule has 0 spiro atoms. The molecule has 128 valence electrons. The second kappa shape index (κ2) is 7.92. The summed E-state index contributed by atoms with van der Waals surface area (Å²) in [6.45, 7) is 4.06. The SMILES string of the molecule is CCOc1ncccc1CNC(=O)c1ccccc1S(=O)(=O)CC. The molecule has 2 rings (SSSR count). The number of amides is 1. The van der Waals surface area contributed by atoms with Gasteiger partial charge in [-0.25, -0.2) is 13.4 Å². The van der Waals surface area contributed by atoms with Crippen LogP contribution in [0.2, 0.25) is 0 Å². The monoisotopic (exact) mass is 348 g/mol. The zero-order chi connectivity index (χ0) is 17.6. The van der Waals surface area contributed by atoms with Crippen LogP contribution >= 0.6 is 0 Å². The van der Waals surface area contributed by atoms with Crippen molar-refractivity contribution in [3.63, 3.8) is 0 Å². The Balaban J connectivity index is 2.21. The van der Waals surface area contributed by atoms with Gasteiger partial charge in [-0.2, -0.15) is 0 Å². The van der Waals surface area contributed by atoms with Gasteiger partial charge in [0.25, 0.3) is 5.91 Å². The Morgan fingerprint density at radius 3 is 2.62 bits per heavy atom. The van der Waals surface area contributed by atoms with Gasteiger partial charge in [-0.05, 0) is 25.1 Å². The molecule has 1 amide bonds. The van der Waals surface area contributed by atoms with Gasteiger partial charge in [-0.15, -0.1) is 0 Å². The maximum absolute atomic E-state index is 12.4. The summed E-state index contributed by atoms with van der Waals surface area (Å²) < 4.78 is 29.7. The number of sulfone groups is 1. The van der Waals surface area contributed by atoms with Gasteiger partial charge in [0, 0.05) is 18.3 Å². The molecule has 0 aliphatic heterocycles. The van der Waals surface area contributed by atoms with Crippen LogP contribution in [0, 0.1) is 0 Å². The third-order valence-corrected chi connectivity index (χ3v) is 5.20. The number of hydrogen-bond acceptors (Lipinski definition) is 5. The third-order valence-electron chi connectivity index (χ3n) is 3.42. The van der Waals surface area contributed by atoms with Crippen LogP contribution in [0.3, 0.4) is 0 Å². The first kappa shape index (κ1) is 17.9. The van der Waals surface area contributed by atoms with E-state index >= 15 is 0 Å². The fourth-order valence-corrected chi connectivity index (χ4v) is 3.27. The third kappa shape index (κ3) is 4.11. The van der Waals surface area contributed by atoms with Crippen molar-refractivity contribution in [2.75, 3.05) is 12.4 Å². The number of pyridine rings is 1. The van der Waals surface area contributed by atoms with Crippen LogP contribution in [-0.4, -0.2) is 31.7 Å². The van der Waals surface area contributed by atoms with E-state index in [4.69, 9.17) is 4.74 Å². The maximum atomic E-state index is 12.4. The molecule has 6 nitrogen and oxygen atoms in total. The molecular weight excluding hydrogens is 328 g/mol. The van der Waals surface area contributed by atoms with E-state index in [0.29, 0.717) is 12.5 Å². The number of hydrogen-bond donors (Lipinski definition) is 1. The minimum Gasteiger partial charge on any atom is -0.478 e. The number of benzene rings is 1. The fourth-order valence-electron chi connectivity index (χ4n) is 2.18. The number of rotatable bonds is 7. The molecule has 0 atom stereocenters. The van der Waals surface area contributed by atoms with Gasteiger partial charge in [-0.1, -0.05) is 25.1 Å². The highest BCUT2D eigenvalue weighted by molar-refractivity contribution is 7.91. The highest BCUT2D eigenvalue weighted by atomic mass is 32.2. The van der Waals surface area contributed by atoms with Gasteiger partial charge < -0.3 is 10.1 Å². The van der Waals surface area contributed by atoms with Crippen LogP contribution < -0.4 is 10.1 Å². The summed E-state index contributed by atoms with van der Waals surface area (Å²) in [6, 6.07) is 9.74. The van der Waals surface area contributed by atoms with Crippen LogP contribution in [0.25, 0.3) is 0 Å². The minimum atomic E-state index is -3.47. The van der Waals surface area contributed by atoms with Crippen molar-refractivity contribution in [3.8, 4) is 5.88 Å². The predicted molar refractivity (Wildman–Crippen MR) is 90.7 cm³/mol. The van der Waals surface area contributed by atoms with Crippen LogP contribution in [0.5, 0.6) is 5.88 Å². The summed E-state index contributed by atoms with van der Waals surface area (Å²) in [5.41, 5.74) is 0.865. The number of carbonyl (C=O) groups excluding carboxylic acids is 1. The number of carbonyl (C=O) groups is 1. The number of nitrogens with zero attached hydrogens (tertiary/aromatic N) is 1. The van der Waals surface area contributed by atoms with Crippen molar-refractivity contribution in [1.82, 2.24) is 10.3 Å². The van der Waals surface area contributed by atoms with E-state index in [0.717, 1.165) is 5.56 Å². The van der Waals surface area contributed by atoms with E-state index in [1.54, 1.807) is 37.4 Å². The van der Waals surface area contributed by atoms with Gasteiger partial charge in [0.2, 0.25) is 5.88 Å². The Morgan fingerprint density at radius 2 is 1.92 bits per heavy atom. The van der Waals surface area contributed by atoms with E-state index in [1.165, 1.54) is 12.1 Å². The van der Waals surface area contributed by atoms with Crippen molar-refractivity contribution in [2.24, 2.45) is 0 Å². The normalized spacial score (nSPS) is 11.1. The molecular formula is C17H20N2O4S. The number of ether oxygens (including phenoxy) is 1. The molecule has 1 aromatic carbocycles. The lowest BCUT2D eigenvalue weighted by atomic mass is 10.2. The molecule has 0 aliphatic carbocycles. The second-order valence-electron chi connectivity index (χ2n) is 4.98.